The Hall–Kier alpha value is -2.56. The van der Waals surface area contributed by atoms with Crippen LogP contribution in [-0.2, 0) is 0 Å². The van der Waals surface area contributed by atoms with E-state index >= 15 is 0 Å². The molecule has 2 heterocycles. The number of nitrogens with one attached hydrogen (secondary N) is 2. The summed E-state index contributed by atoms with van der Waals surface area (Å²) in [5.74, 6) is 1.17. The highest BCUT2D eigenvalue weighted by atomic mass is 19.1. The summed E-state index contributed by atoms with van der Waals surface area (Å²) in [4.78, 5) is 7.73. The molecule has 1 aromatic heterocycles. The van der Waals surface area contributed by atoms with Crippen molar-refractivity contribution in [3.63, 3.8) is 0 Å². The minimum Gasteiger partial charge on any atom is -0.493 e. The topological polar surface area (TPSA) is 49.9 Å². The number of ether oxygens (including phenoxy) is 1. The van der Waals surface area contributed by atoms with Gasteiger partial charge in [0.05, 0.1) is 23.7 Å². The largest absolute Gasteiger partial charge is 0.493 e. The molecule has 0 fully saturated rings. The van der Waals surface area contributed by atoms with Crippen molar-refractivity contribution < 1.29 is 9.13 Å². The highest BCUT2D eigenvalue weighted by Crippen LogP contribution is 2.34. The van der Waals surface area contributed by atoms with Gasteiger partial charge in [-0.05, 0) is 30.3 Å². The number of anilines is 1. The molecule has 1 atom stereocenters. The lowest BCUT2D eigenvalue weighted by atomic mass is 10.0. The predicted molar refractivity (Wildman–Crippen MR) is 79.0 cm³/mol. The zero-order valence-electron chi connectivity index (χ0n) is 11.3. The molecule has 4 nitrogen and oxygen atoms in total. The molecule has 0 spiro atoms. The summed E-state index contributed by atoms with van der Waals surface area (Å²) in [6.45, 7) is 0.608. The first-order valence-electron chi connectivity index (χ1n) is 6.93. The van der Waals surface area contributed by atoms with Crippen molar-refractivity contribution >= 4 is 17.0 Å². The van der Waals surface area contributed by atoms with Crippen molar-refractivity contribution in [1.82, 2.24) is 9.97 Å². The molecule has 2 N–H and O–H groups in total. The van der Waals surface area contributed by atoms with Crippen LogP contribution in [0.5, 0.6) is 5.75 Å². The molecular weight excluding hydrogens is 269 g/mol. The first-order valence-corrected chi connectivity index (χ1v) is 6.93. The normalized spacial score (nSPS) is 17.3. The maximum absolute atomic E-state index is 13.5. The Morgan fingerprint density at radius 3 is 3.05 bits per heavy atom. The van der Waals surface area contributed by atoms with Crippen LogP contribution >= 0.6 is 0 Å². The lowest BCUT2D eigenvalue weighted by Gasteiger charge is -2.26. The quantitative estimate of drug-likeness (QED) is 0.755. The van der Waals surface area contributed by atoms with Crippen molar-refractivity contribution in [3.05, 3.63) is 53.8 Å². The highest BCUT2D eigenvalue weighted by Gasteiger charge is 2.22. The first kappa shape index (κ1) is 12.2. The average Bonchev–Trinajstić information content (AvgIpc) is 2.90. The van der Waals surface area contributed by atoms with Gasteiger partial charge in [0.1, 0.15) is 11.6 Å². The third kappa shape index (κ3) is 2.20. The van der Waals surface area contributed by atoms with Gasteiger partial charge in [-0.1, -0.05) is 12.1 Å². The van der Waals surface area contributed by atoms with Gasteiger partial charge in [0.2, 0.25) is 5.95 Å². The standard InChI is InChI=1S/C16H14FN3O/c17-10-5-6-15-11(9-10)12(7-8-21-15)18-16-19-13-3-1-2-4-14(13)20-16/h1-6,9,12H,7-8H2,(H2,18,19,20). The molecule has 1 aliphatic rings. The van der Waals surface area contributed by atoms with E-state index in [-0.39, 0.29) is 11.9 Å². The van der Waals surface area contributed by atoms with Crippen LogP contribution in [0, 0.1) is 5.82 Å². The van der Waals surface area contributed by atoms with Crippen molar-refractivity contribution in [3.8, 4) is 5.75 Å². The Kier molecular flexibility index (Phi) is 2.77. The Balaban J connectivity index is 1.67. The van der Waals surface area contributed by atoms with Crippen molar-refractivity contribution in [2.24, 2.45) is 0 Å². The molecule has 5 heteroatoms. The summed E-state index contributed by atoms with van der Waals surface area (Å²) in [6.07, 6.45) is 0.771. The minimum absolute atomic E-state index is 0.00925. The van der Waals surface area contributed by atoms with Gasteiger partial charge in [-0.3, -0.25) is 0 Å². The van der Waals surface area contributed by atoms with Gasteiger partial charge >= 0.3 is 0 Å². The average molecular weight is 283 g/mol. The molecule has 0 bridgehead atoms. The van der Waals surface area contributed by atoms with Crippen LogP contribution in [-0.4, -0.2) is 16.6 Å². The molecule has 4 rings (SSSR count). The summed E-state index contributed by atoms with van der Waals surface area (Å²) >= 11 is 0. The molecule has 3 aromatic rings. The number of fused-ring (bicyclic) bond motifs is 2. The molecule has 0 radical (unpaired) electrons. The lowest BCUT2D eigenvalue weighted by Crippen LogP contribution is -2.21. The van der Waals surface area contributed by atoms with E-state index in [2.05, 4.69) is 15.3 Å². The number of benzene rings is 2. The Morgan fingerprint density at radius 1 is 1.24 bits per heavy atom. The number of aromatic nitrogens is 2. The highest BCUT2D eigenvalue weighted by molar-refractivity contribution is 5.77. The van der Waals surface area contributed by atoms with Gasteiger partial charge in [-0.25, -0.2) is 9.37 Å². The summed E-state index contributed by atoms with van der Waals surface area (Å²) in [5, 5.41) is 3.34. The zero-order chi connectivity index (χ0) is 14.2. The van der Waals surface area contributed by atoms with Gasteiger partial charge < -0.3 is 15.0 Å². The molecule has 21 heavy (non-hydrogen) atoms. The van der Waals surface area contributed by atoms with Crippen LogP contribution in [0.4, 0.5) is 10.3 Å². The molecule has 0 aliphatic carbocycles. The smallest absolute Gasteiger partial charge is 0.201 e. The van der Waals surface area contributed by atoms with Gasteiger partial charge in [0, 0.05) is 12.0 Å². The lowest BCUT2D eigenvalue weighted by molar-refractivity contribution is 0.273. The van der Waals surface area contributed by atoms with E-state index in [0.29, 0.717) is 12.6 Å². The van der Waals surface area contributed by atoms with E-state index in [1.54, 1.807) is 6.07 Å². The number of imidazole rings is 1. The summed E-state index contributed by atoms with van der Waals surface area (Å²) < 4.78 is 19.0. The fraction of sp³-hybridized carbons (Fsp3) is 0.188. The van der Waals surface area contributed by atoms with Gasteiger partial charge in [-0.15, -0.1) is 0 Å². The number of nitrogens with zero attached hydrogens (tertiary/aromatic N) is 1. The van der Waals surface area contributed by atoms with Crippen molar-refractivity contribution in [2.45, 2.75) is 12.5 Å². The van der Waals surface area contributed by atoms with Crippen LogP contribution in [0.15, 0.2) is 42.5 Å². The third-order valence-electron chi connectivity index (χ3n) is 3.71. The summed E-state index contributed by atoms with van der Waals surface area (Å²) in [7, 11) is 0. The molecule has 0 saturated carbocycles. The second-order valence-electron chi connectivity index (χ2n) is 5.12. The molecule has 0 amide bonds. The number of para-hydroxylation sites is 2. The van der Waals surface area contributed by atoms with Gasteiger partial charge in [0.25, 0.3) is 0 Å². The van der Waals surface area contributed by atoms with Gasteiger partial charge in [-0.2, -0.15) is 0 Å². The number of hydrogen-bond acceptors (Lipinski definition) is 3. The first-order chi connectivity index (χ1) is 10.3. The van der Waals surface area contributed by atoms with Crippen LogP contribution in [0.1, 0.15) is 18.0 Å². The molecule has 106 valence electrons. The molecule has 1 unspecified atom stereocenters. The number of aromatic amines is 1. The second-order valence-corrected chi connectivity index (χ2v) is 5.12. The second kappa shape index (κ2) is 4.77. The third-order valence-corrected chi connectivity index (χ3v) is 3.71. The van der Waals surface area contributed by atoms with Crippen molar-refractivity contribution in [1.29, 1.82) is 0 Å². The van der Waals surface area contributed by atoms with E-state index in [4.69, 9.17) is 4.74 Å². The van der Waals surface area contributed by atoms with Crippen LogP contribution < -0.4 is 10.1 Å². The SMILES string of the molecule is Fc1ccc2c(c1)C(Nc1nc3ccccc3[nH]1)CCO2. The monoisotopic (exact) mass is 283 g/mol. The van der Waals surface area contributed by atoms with E-state index in [1.165, 1.54) is 12.1 Å². The number of rotatable bonds is 2. The molecular formula is C16H14FN3O. The molecule has 0 saturated heterocycles. The zero-order valence-corrected chi connectivity index (χ0v) is 11.3. The minimum atomic E-state index is -0.254. The Labute approximate surface area is 121 Å². The Bertz CT molecular complexity index is 766. The fourth-order valence-corrected chi connectivity index (χ4v) is 2.70. The number of halogens is 1. The van der Waals surface area contributed by atoms with E-state index < -0.39 is 0 Å². The van der Waals surface area contributed by atoms with E-state index in [0.717, 1.165) is 28.8 Å². The Morgan fingerprint density at radius 2 is 2.14 bits per heavy atom. The molecule has 1 aliphatic heterocycles. The predicted octanol–water partition coefficient (Wildman–Crippen LogP) is 3.64. The fourth-order valence-electron chi connectivity index (χ4n) is 2.70. The van der Waals surface area contributed by atoms with Crippen LogP contribution in [0.3, 0.4) is 0 Å². The summed E-state index contributed by atoms with van der Waals surface area (Å²) in [6, 6.07) is 12.5. The van der Waals surface area contributed by atoms with Crippen molar-refractivity contribution in [2.75, 3.05) is 11.9 Å². The van der Waals surface area contributed by atoms with E-state index in [1.807, 2.05) is 24.3 Å². The number of hydrogen-bond donors (Lipinski definition) is 2. The maximum atomic E-state index is 13.5. The van der Waals surface area contributed by atoms with Crippen LogP contribution in [0.25, 0.3) is 11.0 Å². The van der Waals surface area contributed by atoms with Gasteiger partial charge in [0.15, 0.2) is 0 Å². The maximum Gasteiger partial charge on any atom is 0.201 e. The van der Waals surface area contributed by atoms with Crippen LogP contribution in [0.2, 0.25) is 0 Å². The number of H-pyrrole nitrogens is 1. The van der Waals surface area contributed by atoms with E-state index in [9.17, 15) is 4.39 Å². The summed E-state index contributed by atoms with van der Waals surface area (Å²) in [5.41, 5.74) is 2.72. The molecule has 2 aromatic carbocycles.